The van der Waals surface area contributed by atoms with E-state index >= 15 is 0 Å². The van der Waals surface area contributed by atoms with Crippen LogP contribution >= 0.6 is 0 Å². The number of hydrogen-bond acceptors (Lipinski definition) is 1. The minimum atomic E-state index is 0.207. The Hall–Kier alpha value is -0.300. The lowest BCUT2D eigenvalue weighted by atomic mass is 9.72. The third-order valence-corrected chi connectivity index (χ3v) is 3.57. The number of aliphatic hydroxyl groups is 1. The minimum Gasteiger partial charge on any atom is -0.396 e. The predicted molar refractivity (Wildman–Crippen MR) is 56.6 cm³/mol. The summed E-state index contributed by atoms with van der Waals surface area (Å²) < 4.78 is 0. The van der Waals surface area contributed by atoms with E-state index in [0.717, 1.165) is 12.8 Å². The Morgan fingerprint density at radius 3 is 2.54 bits per heavy atom. The summed E-state index contributed by atoms with van der Waals surface area (Å²) in [6.07, 6.45) is 6.89. The molecule has 1 atom stereocenters. The highest BCUT2D eigenvalue weighted by Crippen LogP contribution is 2.39. The van der Waals surface area contributed by atoms with Gasteiger partial charge in [0.05, 0.1) is 0 Å². The van der Waals surface area contributed by atoms with Crippen LogP contribution in [0.4, 0.5) is 0 Å². The molecule has 1 N–H and O–H groups in total. The Morgan fingerprint density at radius 1 is 1.54 bits per heavy atom. The first-order valence-electron chi connectivity index (χ1n) is 5.43. The molecule has 0 saturated heterocycles. The normalized spacial score (nSPS) is 29.2. The van der Waals surface area contributed by atoms with E-state index in [2.05, 4.69) is 26.8 Å². The molecule has 0 aromatic carbocycles. The Bertz CT molecular complexity index is 187. The van der Waals surface area contributed by atoms with Crippen molar-refractivity contribution in [3.8, 4) is 0 Å². The van der Waals surface area contributed by atoms with Crippen molar-refractivity contribution in [3.05, 3.63) is 11.6 Å². The molecule has 1 unspecified atom stereocenters. The third kappa shape index (κ3) is 2.34. The summed E-state index contributed by atoms with van der Waals surface area (Å²) in [4.78, 5) is 0. The summed E-state index contributed by atoms with van der Waals surface area (Å²) in [6.45, 7) is 7.04. The molecule has 0 saturated carbocycles. The minimum absolute atomic E-state index is 0.207. The molecule has 1 heteroatoms. The standard InChI is InChI=1S/C12H22O/c1-4-12(9-13)7-5-11(6-8-12)10(2)3/h5,10,13H,4,6-9H2,1-3H3. The molecule has 1 aliphatic carbocycles. The maximum atomic E-state index is 9.34. The lowest BCUT2D eigenvalue weighted by Crippen LogP contribution is -2.27. The smallest absolute Gasteiger partial charge is 0.0490 e. The van der Waals surface area contributed by atoms with Gasteiger partial charge < -0.3 is 5.11 Å². The van der Waals surface area contributed by atoms with Gasteiger partial charge in [-0.2, -0.15) is 0 Å². The van der Waals surface area contributed by atoms with Crippen LogP contribution < -0.4 is 0 Å². The van der Waals surface area contributed by atoms with Gasteiger partial charge in [0.25, 0.3) is 0 Å². The van der Waals surface area contributed by atoms with Crippen molar-refractivity contribution in [2.45, 2.75) is 46.5 Å². The Morgan fingerprint density at radius 2 is 2.23 bits per heavy atom. The lowest BCUT2D eigenvalue weighted by Gasteiger charge is -2.34. The molecule has 0 spiro atoms. The van der Waals surface area contributed by atoms with Crippen LogP contribution in [0.3, 0.4) is 0 Å². The monoisotopic (exact) mass is 182 g/mol. The summed E-state index contributed by atoms with van der Waals surface area (Å²) in [7, 11) is 0. The average molecular weight is 182 g/mol. The van der Waals surface area contributed by atoms with Gasteiger partial charge in [-0.25, -0.2) is 0 Å². The second kappa shape index (κ2) is 4.28. The molecule has 0 aliphatic heterocycles. The Labute approximate surface area is 81.9 Å². The zero-order valence-corrected chi connectivity index (χ0v) is 9.14. The number of aliphatic hydroxyl groups excluding tert-OH is 1. The molecule has 1 rings (SSSR count). The molecule has 0 amide bonds. The molecular weight excluding hydrogens is 160 g/mol. The largest absolute Gasteiger partial charge is 0.396 e. The van der Waals surface area contributed by atoms with Crippen molar-refractivity contribution in [2.75, 3.05) is 6.61 Å². The van der Waals surface area contributed by atoms with Gasteiger partial charge in [0, 0.05) is 6.61 Å². The Balaban J connectivity index is 2.63. The predicted octanol–water partition coefficient (Wildman–Crippen LogP) is 3.14. The van der Waals surface area contributed by atoms with Crippen LogP contribution in [0, 0.1) is 11.3 Å². The van der Waals surface area contributed by atoms with Crippen LogP contribution in [0.25, 0.3) is 0 Å². The number of rotatable bonds is 3. The maximum absolute atomic E-state index is 9.34. The highest BCUT2D eigenvalue weighted by atomic mass is 16.3. The quantitative estimate of drug-likeness (QED) is 0.665. The summed E-state index contributed by atoms with van der Waals surface area (Å²) in [5.41, 5.74) is 1.79. The first-order valence-corrected chi connectivity index (χ1v) is 5.43. The van der Waals surface area contributed by atoms with Crippen LogP contribution in [-0.4, -0.2) is 11.7 Å². The molecular formula is C12H22O. The molecule has 0 fully saturated rings. The van der Waals surface area contributed by atoms with Crippen molar-refractivity contribution in [1.29, 1.82) is 0 Å². The summed E-state index contributed by atoms with van der Waals surface area (Å²) in [5, 5.41) is 9.34. The second-order valence-electron chi connectivity index (χ2n) is 4.65. The van der Waals surface area contributed by atoms with Crippen molar-refractivity contribution >= 4 is 0 Å². The van der Waals surface area contributed by atoms with E-state index in [1.54, 1.807) is 5.57 Å². The van der Waals surface area contributed by atoms with Crippen LogP contribution in [0.5, 0.6) is 0 Å². The van der Waals surface area contributed by atoms with Gasteiger partial charge in [0.15, 0.2) is 0 Å². The van der Waals surface area contributed by atoms with Crippen molar-refractivity contribution in [2.24, 2.45) is 11.3 Å². The van der Waals surface area contributed by atoms with Gasteiger partial charge in [-0.05, 0) is 37.0 Å². The fourth-order valence-electron chi connectivity index (χ4n) is 2.06. The number of allylic oxidation sites excluding steroid dienone is 2. The lowest BCUT2D eigenvalue weighted by molar-refractivity contribution is 0.106. The molecule has 1 aliphatic rings. The highest BCUT2D eigenvalue weighted by Gasteiger charge is 2.29. The van der Waals surface area contributed by atoms with Crippen LogP contribution in [0.1, 0.15) is 46.5 Å². The van der Waals surface area contributed by atoms with Crippen LogP contribution in [-0.2, 0) is 0 Å². The highest BCUT2D eigenvalue weighted by molar-refractivity contribution is 5.11. The van der Waals surface area contributed by atoms with E-state index in [-0.39, 0.29) is 5.41 Å². The van der Waals surface area contributed by atoms with Crippen molar-refractivity contribution in [1.82, 2.24) is 0 Å². The fourth-order valence-corrected chi connectivity index (χ4v) is 2.06. The first-order chi connectivity index (χ1) is 6.13. The van der Waals surface area contributed by atoms with Gasteiger partial charge in [-0.15, -0.1) is 0 Å². The molecule has 0 heterocycles. The van der Waals surface area contributed by atoms with E-state index in [1.165, 1.54) is 12.8 Å². The van der Waals surface area contributed by atoms with E-state index in [4.69, 9.17) is 0 Å². The molecule has 1 nitrogen and oxygen atoms in total. The van der Waals surface area contributed by atoms with E-state index in [1.807, 2.05) is 0 Å². The van der Waals surface area contributed by atoms with Crippen molar-refractivity contribution in [3.63, 3.8) is 0 Å². The van der Waals surface area contributed by atoms with Gasteiger partial charge in [-0.1, -0.05) is 32.4 Å². The van der Waals surface area contributed by atoms with E-state index in [0.29, 0.717) is 12.5 Å². The Kier molecular flexibility index (Phi) is 3.55. The summed E-state index contributed by atoms with van der Waals surface area (Å²) in [6, 6.07) is 0. The van der Waals surface area contributed by atoms with Gasteiger partial charge in [0.2, 0.25) is 0 Å². The van der Waals surface area contributed by atoms with E-state index in [9.17, 15) is 5.11 Å². The van der Waals surface area contributed by atoms with Crippen LogP contribution in [0.2, 0.25) is 0 Å². The SMILES string of the molecule is CCC1(CO)CC=C(C(C)C)CC1. The number of hydrogen-bond donors (Lipinski definition) is 1. The van der Waals surface area contributed by atoms with Crippen molar-refractivity contribution < 1.29 is 5.11 Å². The molecule has 76 valence electrons. The summed E-state index contributed by atoms with van der Waals surface area (Å²) >= 11 is 0. The molecule has 13 heavy (non-hydrogen) atoms. The zero-order chi connectivity index (χ0) is 9.90. The van der Waals surface area contributed by atoms with Gasteiger partial charge >= 0.3 is 0 Å². The third-order valence-electron chi connectivity index (χ3n) is 3.57. The van der Waals surface area contributed by atoms with Gasteiger partial charge in [0.1, 0.15) is 0 Å². The van der Waals surface area contributed by atoms with Crippen LogP contribution in [0.15, 0.2) is 11.6 Å². The maximum Gasteiger partial charge on any atom is 0.0490 e. The topological polar surface area (TPSA) is 20.2 Å². The molecule has 0 aromatic rings. The molecule has 0 aromatic heterocycles. The first kappa shape index (κ1) is 10.8. The second-order valence-corrected chi connectivity index (χ2v) is 4.65. The fraction of sp³-hybridized carbons (Fsp3) is 0.833. The van der Waals surface area contributed by atoms with Gasteiger partial charge in [-0.3, -0.25) is 0 Å². The average Bonchev–Trinajstić information content (AvgIpc) is 2.18. The molecule has 0 bridgehead atoms. The summed E-state index contributed by atoms with van der Waals surface area (Å²) in [5.74, 6) is 0.688. The molecule has 0 radical (unpaired) electrons. The van der Waals surface area contributed by atoms with E-state index < -0.39 is 0 Å². The zero-order valence-electron chi connectivity index (χ0n) is 9.14.